The zero-order valence-electron chi connectivity index (χ0n) is 24.7. The van der Waals surface area contributed by atoms with Crippen molar-refractivity contribution in [2.45, 2.75) is 70.6 Å². The van der Waals surface area contributed by atoms with Gasteiger partial charge in [-0.3, -0.25) is 19.7 Å². The van der Waals surface area contributed by atoms with Crippen molar-refractivity contribution in [1.29, 1.82) is 0 Å². The van der Waals surface area contributed by atoms with Crippen LogP contribution in [0.5, 0.6) is 5.75 Å². The van der Waals surface area contributed by atoms with Gasteiger partial charge in [0.15, 0.2) is 5.78 Å². The molecule has 3 aromatic carbocycles. The standard InChI is InChI=1S/C37H40FNO4/c38-32-21-17-31(18-22-32)35(40)25-16-29-14-12-28(13-15-29)11-9-7-5-3-1-2-4-6-8-10-26-43-33-23-19-30(20-24-33)34-27-36(41)39-37(34)42/h12-25,27H,1-11,26H2,(H,39,41,42). The van der Waals surface area contributed by atoms with E-state index in [1.165, 1.54) is 93.3 Å². The van der Waals surface area contributed by atoms with E-state index in [-0.39, 0.29) is 23.4 Å². The van der Waals surface area contributed by atoms with Crippen LogP contribution >= 0.6 is 0 Å². The number of ether oxygens (including phenoxy) is 1. The van der Waals surface area contributed by atoms with Crippen LogP contribution in [0.3, 0.4) is 0 Å². The smallest absolute Gasteiger partial charge is 0.258 e. The number of aryl methyl sites for hydroxylation is 1. The lowest BCUT2D eigenvalue weighted by Crippen LogP contribution is -2.21. The molecule has 0 bridgehead atoms. The molecule has 0 fully saturated rings. The Labute approximate surface area is 253 Å². The fraction of sp³-hybridized carbons (Fsp3) is 0.324. The number of nitrogens with one attached hydrogen (secondary N) is 1. The number of hydrogen-bond acceptors (Lipinski definition) is 4. The van der Waals surface area contributed by atoms with E-state index >= 15 is 0 Å². The first-order valence-electron chi connectivity index (χ1n) is 15.3. The zero-order valence-corrected chi connectivity index (χ0v) is 24.7. The predicted octanol–water partition coefficient (Wildman–Crippen LogP) is 8.28. The van der Waals surface area contributed by atoms with Crippen LogP contribution in [0.15, 0.2) is 84.9 Å². The van der Waals surface area contributed by atoms with Gasteiger partial charge in [0.25, 0.3) is 11.8 Å². The van der Waals surface area contributed by atoms with Gasteiger partial charge in [-0.15, -0.1) is 0 Å². The lowest BCUT2D eigenvalue weighted by Gasteiger charge is -2.07. The molecule has 6 heteroatoms. The van der Waals surface area contributed by atoms with Crippen LogP contribution < -0.4 is 10.1 Å². The lowest BCUT2D eigenvalue weighted by atomic mass is 10.0. The summed E-state index contributed by atoms with van der Waals surface area (Å²) in [7, 11) is 0. The van der Waals surface area contributed by atoms with Crippen molar-refractivity contribution in [2.75, 3.05) is 6.61 Å². The minimum absolute atomic E-state index is 0.133. The monoisotopic (exact) mass is 581 g/mol. The maximum atomic E-state index is 13.0. The van der Waals surface area contributed by atoms with Gasteiger partial charge in [-0.05, 0) is 78.4 Å². The minimum atomic E-state index is -0.372. The average molecular weight is 582 g/mol. The van der Waals surface area contributed by atoms with Crippen LogP contribution in [0.1, 0.15) is 91.3 Å². The van der Waals surface area contributed by atoms with Crippen molar-refractivity contribution < 1.29 is 23.5 Å². The molecule has 0 aliphatic carbocycles. The minimum Gasteiger partial charge on any atom is -0.494 e. The van der Waals surface area contributed by atoms with Crippen LogP contribution in [0.25, 0.3) is 11.6 Å². The van der Waals surface area contributed by atoms with Crippen LogP contribution in [0.4, 0.5) is 4.39 Å². The summed E-state index contributed by atoms with van der Waals surface area (Å²) in [5.74, 6) is -0.435. The molecule has 5 nitrogen and oxygen atoms in total. The highest BCUT2D eigenvalue weighted by Gasteiger charge is 2.21. The second kappa shape index (κ2) is 17.0. The SMILES string of the molecule is O=C1C=C(c2ccc(OCCCCCCCCCCCCc3ccc(C=CC(=O)c4ccc(F)cc4)cc3)cc2)C(=O)N1. The summed E-state index contributed by atoms with van der Waals surface area (Å²) in [6, 6.07) is 21.2. The average Bonchev–Trinajstić information content (AvgIpc) is 3.36. The van der Waals surface area contributed by atoms with Gasteiger partial charge in [-0.25, -0.2) is 4.39 Å². The Bertz CT molecular complexity index is 1410. The van der Waals surface area contributed by atoms with Crippen LogP contribution in [-0.2, 0) is 16.0 Å². The van der Waals surface area contributed by atoms with Crippen molar-refractivity contribution in [1.82, 2.24) is 5.32 Å². The molecular formula is C37H40FNO4. The number of imide groups is 1. The van der Waals surface area contributed by atoms with E-state index in [9.17, 15) is 18.8 Å². The third kappa shape index (κ3) is 10.8. The first-order chi connectivity index (χ1) is 21.0. The van der Waals surface area contributed by atoms with Crippen LogP contribution in [0, 0.1) is 5.82 Å². The molecule has 0 saturated carbocycles. The summed E-state index contributed by atoms with van der Waals surface area (Å²) in [6.07, 6.45) is 18.0. The van der Waals surface area contributed by atoms with Crippen molar-refractivity contribution >= 4 is 29.2 Å². The molecule has 1 N–H and O–H groups in total. The zero-order chi connectivity index (χ0) is 30.3. The molecule has 0 radical (unpaired) electrons. The van der Waals surface area contributed by atoms with E-state index in [4.69, 9.17) is 4.74 Å². The second-order valence-electron chi connectivity index (χ2n) is 11.0. The summed E-state index contributed by atoms with van der Waals surface area (Å²) in [4.78, 5) is 35.3. The van der Waals surface area contributed by atoms with Crippen molar-refractivity contribution in [3.05, 3.63) is 113 Å². The Kier molecular flexibility index (Phi) is 12.5. The number of carbonyl (C=O) groups is 3. The molecule has 3 aromatic rings. The molecule has 0 unspecified atom stereocenters. The van der Waals surface area contributed by atoms with Crippen molar-refractivity contribution in [3.63, 3.8) is 0 Å². The number of rotatable bonds is 18. The second-order valence-corrected chi connectivity index (χ2v) is 11.0. The Morgan fingerprint density at radius 3 is 1.93 bits per heavy atom. The van der Waals surface area contributed by atoms with E-state index in [1.54, 1.807) is 18.2 Å². The summed E-state index contributed by atoms with van der Waals surface area (Å²) >= 11 is 0. The molecular weight excluding hydrogens is 541 g/mol. The quantitative estimate of drug-likeness (QED) is 0.0710. The first-order valence-corrected chi connectivity index (χ1v) is 15.3. The Hall–Kier alpha value is -4.32. The number of hydrogen-bond donors (Lipinski definition) is 1. The first kappa shape index (κ1) is 31.6. The molecule has 43 heavy (non-hydrogen) atoms. The van der Waals surface area contributed by atoms with Crippen molar-refractivity contribution in [2.24, 2.45) is 0 Å². The third-order valence-electron chi connectivity index (χ3n) is 7.59. The van der Waals surface area contributed by atoms with Crippen molar-refractivity contribution in [3.8, 4) is 5.75 Å². The van der Waals surface area contributed by atoms with E-state index in [0.29, 0.717) is 23.3 Å². The highest BCUT2D eigenvalue weighted by atomic mass is 19.1. The van der Waals surface area contributed by atoms with Crippen LogP contribution in [0.2, 0.25) is 0 Å². The highest BCUT2D eigenvalue weighted by Crippen LogP contribution is 2.22. The fourth-order valence-corrected chi connectivity index (χ4v) is 5.07. The van der Waals surface area contributed by atoms with E-state index in [0.717, 1.165) is 30.6 Å². The molecule has 0 aromatic heterocycles. The van der Waals surface area contributed by atoms with Gasteiger partial charge in [0.2, 0.25) is 0 Å². The van der Waals surface area contributed by atoms with Gasteiger partial charge in [-0.1, -0.05) is 93.8 Å². The molecule has 224 valence electrons. The number of benzene rings is 3. The maximum Gasteiger partial charge on any atom is 0.258 e. The van der Waals surface area contributed by atoms with E-state index in [2.05, 4.69) is 17.4 Å². The predicted molar refractivity (Wildman–Crippen MR) is 169 cm³/mol. The Balaban J connectivity index is 0.965. The molecule has 0 saturated heterocycles. The summed E-state index contributed by atoms with van der Waals surface area (Å²) < 4.78 is 18.8. The van der Waals surface area contributed by atoms with Crippen LogP contribution in [-0.4, -0.2) is 24.2 Å². The van der Waals surface area contributed by atoms with Gasteiger partial charge in [0.1, 0.15) is 11.6 Å². The molecule has 2 amide bonds. The third-order valence-corrected chi connectivity index (χ3v) is 7.59. The number of halogens is 1. The molecule has 0 spiro atoms. The summed E-state index contributed by atoms with van der Waals surface area (Å²) in [5, 5.41) is 2.26. The topological polar surface area (TPSA) is 72.5 Å². The number of ketones is 1. The number of carbonyl (C=O) groups excluding carboxylic acids is 3. The Morgan fingerprint density at radius 2 is 1.33 bits per heavy atom. The normalized spacial score (nSPS) is 12.9. The fourth-order valence-electron chi connectivity index (χ4n) is 5.07. The molecule has 1 aliphatic rings. The Morgan fingerprint density at radius 1 is 0.721 bits per heavy atom. The number of amides is 2. The molecule has 4 rings (SSSR count). The van der Waals surface area contributed by atoms with Gasteiger partial charge < -0.3 is 4.74 Å². The number of unbranched alkanes of at least 4 members (excludes halogenated alkanes) is 9. The molecule has 1 heterocycles. The van der Waals surface area contributed by atoms with Gasteiger partial charge in [-0.2, -0.15) is 0 Å². The molecule has 0 atom stereocenters. The lowest BCUT2D eigenvalue weighted by molar-refractivity contribution is -0.123. The summed E-state index contributed by atoms with van der Waals surface area (Å²) in [5.41, 5.74) is 3.88. The van der Waals surface area contributed by atoms with Gasteiger partial charge in [0.05, 0.1) is 12.2 Å². The molecule has 1 aliphatic heterocycles. The maximum absolute atomic E-state index is 13.0. The van der Waals surface area contributed by atoms with E-state index < -0.39 is 0 Å². The summed E-state index contributed by atoms with van der Waals surface area (Å²) in [6.45, 7) is 0.678. The van der Waals surface area contributed by atoms with Gasteiger partial charge in [0, 0.05) is 11.6 Å². The van der Waals surface area contributed by atoms with Gasteiger partial charge >= 0.3 is 0 Å². The highest BCUT2D eigenvalue weighted by molar-refractivity contribution is 6.33. The van der Waals surface area contributed by atoms with E-state index in [1.807, 2.05) is 24.3 Å². The largest absolute Gasteiger partial charge is 0.494 e. The number of allylic oxidation sites excluding steroid dienone is 1.